The molecule has 0 atom stereocenters. The first kappa shape index (κ1) is 17.7. The molecule has 0 bridgehead atoms. The minimum Gasteiger partial charge on any atom is -0.465 e. The van der Waals surface area contributed by atoms with Crippen LogP contribution in [0.5, 0.6) is 0 Å². The fourth-order valence-electron chi connectivity index (χ4n) is 2.63. The second-order valence-electron chi connectivity index (χ2n) is 5.62. The summed E-state index contributed by atoms with van der Waals surface area (Å²) < 4.78 is 4.67. The molecule has 0 saturated carbocycles. The maximum atomic E-state index is 12.8. The number of nitrogens with zero attached hydrogens (tertiary/aromatic N) is 1. The third kappa shape index (κ3) is 3.07. The van der Waals surface area contributed by atoms with Crippen molar-refractivity contribution >= 4 is 40.8 Å². The number of benzene rings is 2. The van der Waals surface area contributed by atoms with Crippen LogP contribution in [-0.4, -0.2) is 24.9 Å². The molecule has 2 aromatic rings. The predicted octanol–water partition coefficient (Wildman–Crippen LogP) is 3.22. The Morgan fingerprint density at radius 2 is 1.81 bits per heavy atom. The van der Waals surface area contributed by atoms with E-state index in [4.69, 9.17) is 11.6 Å². The number of halogens is 1. The SMILES string of the molecule is COC(=O)c1cccc(NC2=C(Cl)C(=O)N(c3ccccc3C)C2=O)c1. The van der Waals surface area contributed by atoms with E-state index in [1.807, 2.05) is 6.07 Å². The highest BCUT2D eigenvalue weighted by Gasteiger charge is 2.39. The molecule has 2 amide bonds. The molecule has 7 heteroatoms. The zero-order valence-electron chi connectivity index (χ0n) is 14.1. The number of hydrogen-bond donors (Lipinski definition) is 1. The van der Waals surface area contributed by atoms with Crippen LogP contribution in [0.25, 0.3) is 0 Å². The van der Waals surface area contributed by atoms with E-state index >= 15 is 0 Å². The number of amides is 2. The number of hydrogen-bond acceptors (Lipinski definition) is 5. The molecular weight excluding hydrogens is 356 g/mol. The van der Waals surface area contributed by atoms with Crippen LogP contribution in [0, 0.1) is 6.92 Å². The van der Waals surface area contributed by atoms with E-state index in [0.717, 1.165) is 10.5 Å². The number of aryl methyl sites for hydroxylation is 1. The van der Waals surface area contributed by atoms with Gasteiger partial charge in [0.25, 0.3) is 11.8 Å². The summed E-state index contributed by atoms with van der Waals surface area (Å²) in [6.07, 6.45) is 0. The highest BCUT2D eigenvalue weighted by Crippen LogP contribution is 2.31. The van der Waals surface area contributed by atoms with Gasteiger partial charge in [0, 0.05) is 5.69 Å². The van der Waals surface area contributed by atoms with E-state index in [1.54, 1.807) is 43.3 Å². The lowest BCUT2D eigenvalue weighted by Gasteiger charge is -2.17. The van der Waals surface area contributed by atoms with E-state index in [-0.39, 0.29) is 10.7 Å². The molecule has 0 aliphatic carbocycles. The summed E-state index contributed by atoms with van der Waals surface area (Å²) >= 11 is 6.11. The quantitative estimate of drug-likeness (QED) is 0.660. The van der Waals surface area contributed by atoms with E-state index < -0.39 is 17.8 Å². The van der Waals surface area contributed by atoms with Gasteiger partial charge in [0.1, 0.15) is 10.7 Å². The fourth-order valence-corrected chi connectivity index (χ4v) is 2.84. The zero-order chi connectivity index (χ0) is 18.8. The Bertz CT molecular complexity index is 952. The minimum atomic E-state index is -0.599. The maximum Gasteiger partial charge on any atom is 0.337 e. The van der Waals surface area contributed by atoms with Crippen LogP contribution < -0.4 is 10.2 Å². The molecule has 0 spiro atoms. The Hall–Kier alpha value is -3.12. The summed E-state index contributed by atoms with van der Waals surface area (Å²) in [6, 6.07) is 13.4. The number of ether oxygens (including phenoxy) is 1. The minimum absolute atomic E-state index is 0.0399. The van der Waals surface area contributed by atoms with E-state index in [2.05, 4.69) is 10.1 Å². The van der Waals surface area contributed by atoms with Gasteiger partial charge in [-0.05, 0) is 36.8 Å². The molecular formula is C19H15ClN2O4. The number of esters is 1. The summed E-state index contributed by atoms with van der Waals surface area (Å²) in [5.74, 6) is -1.67. The highest BCUT2D eigenvalue weighted by atomic mass is 35.5. The molecule has 0 radical (unpaired) electrons. The van der Waals surface area contributed by atoms with Gasteiger partial charge in [0.05, 0.1) is 18.4 Å². The third-order valence-corrected chi connectivity index (χ3v) is 4.29. The average molecular weight is 371 g/mol. The van der Waals surface area contributed by atoms with Gasteiger partial charge in [-0.2, -0.15) is 0 Å². The van der Waals surface area contributed by atoms with Crippen molar-refractivity contribution < 1.29 is 19.1 Å². The summed E-state index contributed by atoms with van der Waals surface area (Å²) in [6.45, 7) is 1.80. The van der Waals surface area contributed by atoms with Gasteiger partial charge in [-0.1, -0.05) is 35.9 Å². The van der Waals surface area contributed by atoms with Gasteiger partial charge >= 0.3 is 5.97 Å². The van der Waals surface area contributed by atoms with Gasteiger partial charge in [0.15, 0.2) is 0 Å². The first-order valence-corrected chi connectivity index (χ1v) is 8.11. The predicted molar refractivity (Wildman–Crippen MR) is 98.0 cm³/mol. The monoisotopic (exact) mass is 370 g/mol. The Balaban J connectivity index is 1.92. The van der Waals surface area contributed by atoms with Crippen LogP contribution in [0.4, 0.5) is 11.4 Å². The number of nitrogens with one attached hydrogen (secondary N) is 1. The van der Waals surface area contributed by atoms with E-state index in [0.29, 0.717) is 16.9 Å². The molecule has 0 saturated heterocycles. The zero-order valence-corrected chi connectivity index (χ0v) is 14.8. The maximum absolute atomic E-state index is 12.8. The molecule has 6 nitrogen and oxygen atoms in total. The summed E-state index contributed by atoms with van der Waals surface area (Å²) in [5.41, 5.74) is 1.95. The average Bonchev–Trinajstić information content (AvgIpc) is 2.85. The lowest BCUT2D eigenvalue weighted by atomic mass is 10.2. The summed E-state index contributed by atoms with van der Waals surface area (Å²) in [5, 5.41) is 2.63. The number of anilines is 2. The number of carbonyl (C=O) groups excluding carboxylic acids is 3. The first-order chi connectivity index (χ1) is 12.4. The molecule has 26 heavy (non-hydrogen) atoms. The van der Waals surface area contributed by atoms with Crippen LogP contribution in [0.2, 0.25) is 0 Å². The van der Waals surface area contributed by atoms with E-state index in [9.17, 15) is 14.4 Å². The lowest BCUT2D eigenvalue weighted by Crippen LogP contribution is -2.32. The molecule has 1 N–H and O–H groups in total. The standard InChI is InChI=1S/C19H15ClN2O4/c1-11-6-3-4-9-14(11)22-17(23)15(20)16(18(22)24)21-13-8-5-7-12(10-13)19(25)26-2/h3-10,21H,1-2H3. The Morgan fingerprint density at radius 3 is 2.50 bits per heavy atom. The molecule has 1 aliphatic rings. The van der Waals surface area contributed by atoms with Crippen LogP contribution >= 0.6 is 11.6 Å². The smallest absolute Gasteiger partial charge is 0.337 e. The third-order valence-electron chi connectivity index (χ3n) is 3.94. The van der Waals surface area contributed by atoms with Crippen molar-refractivity contribution in [1.82, 2.24) is 0 Å². The molecule has 1 heterocycles. The van der Waals surface area contributed by atoms with Crippen molar-refractivity contribution in [2.75, 3.05) is 17.3 Å². The van der Waals surface area contributed by atoms with Gasteiger partial charge < -0.3 is 10.1 Å². The molecule has 0 fully saturated rings. The lowest BCUT2D eigenvalue weighted by molar-refractivity contribution is -0.120. The van der Waals surface area contributed by atoms with Gasteiger partial charge in [-0.3, -0.25) is 9.59 Å². The topological polar surface area (TPSA) is 75.7 Å². The van der Waals surface area contributed by atoms with Crippen LogP contribution in [0.15, 0.2) is 59.3 Å². The summed E-state index contributed by atoms with van der Waals surface area (Å²) in [7, 11) is 1.28. The second kappa shape index (κ2) is 7.01. The van der Waals surface area contributed by atoms with Crippen molar-refractivity contribution in [3.8, 4) is 0 Å². The Kier molecular flexibility index (Phi) is 4.77. The number of rotatable bonds is 4. The van der Waals surface area contributed by atoms with Gasteiger partial charge in [0.2, 0.25) is 0 Å². The van der Waals surface area contributed by atoms with E-state index in [1.165, 1.54) is 13.2 Å². The number of imide groups is 1. The van der Waals surface area contributed by atoms with Gasteiger partial charge in [-0.25, -0.2) is 9.69 Å². The van der Waals surface area contributed by atoms with Crippen LogP contribution in [0.3, 0.4) is 0 Å². The normalized spacial score (nSPS) is 14.0. The Labute approximate surface area is 155 Å². The molecule has 2 aromatic carbocycles. The number of para-hydroxylation sites is 1. The van der Waals surface area contributed by atoms with Crippen molar-refractivity contribution in [3.63, 3.8) is 0 Å². The van der Waals surface area contributed by atoms with Crippen molar-refractivity contribution in [2.24, 2.45) is 0 Å². The number of methoxy groups -OCH3 is 1. The summed E-state index contributed by atoms with van der Waals surface area (Å²) in [4.78, 5) is 37.9. The van der Waals surface area contributed by atoms with Crippen molar-refractivity contribution in [1.29, 1.82) is 0 Å². The fraction of sp³-hybridized carbons (Fsp3) is 0.105. The molecule has 0 aromatic heterocycles. The molecule has 0 unspecified atom stereocenters. The van der Waals surface area contributed by atoms with Crippen molar-refractivity contribution in [2.45, 2.75) is 6.92 Å². The van der Waals surface area contributed by atoms with Crippen LogP contribution in [0.1, 0.15) is 15.9 Å². The molecule has 1 aliphatic heterocycles. The highest BCUT2D eigenvalue weighted by molar-refractivity contribution is 6.53. The van der Waals surface area contributed by atoms with Crippen molar-refractivity contribution in [3.05, 3.63) is 70.4 Å². The van der Waals surface area contributed by atoms with Crippen LogP contribution in [-0.2, 0) is 14.3 Å². The first-order valence-electron chi connectivity index (χ1n) is 7.73. The molecule has 3 rings (SSSR count). The molecule has 132 valence electrons. The largest absolute Gasteiger partial charge is 0.465 e. The van der Waals surface area contributed by atoms with Gasteiger partial charge in [-0.15, -0.1) is 0 Å². The number of carbonyl (C=O) groups is 3. The second-order valence-corrected chi connectivity index (χ2v) is 6.00. The Morgan fingerprint density at radius 1 is 1.08 bits per heavy atom.